The lowest BCUT2D eigenvalue weighted by Crippen LogP contribution is -1.86. The summed E-state index contributed by atoms with van der Waals surface area (Å²) in [7, 11) is 0. The number of nitrogens with zero attached hydrogens (tertiary/aromatic N) is 2. The predicted molar refractivity (Wildman–Crippen MR) is 173 cm³/mol. The smallest absolute Gasteiger partial charge is 0.138 e. The maximum absolute atomic E-state index is 5.95. The lowest BCUT2D eigenvalue weighted by atomic mass is 10.1. The molecule has 7 nitrogen and oxygen atoms in total. The van der Waals surface area contributed by atoms with Gasteiger partial charge in [-0.05, 0) is 97.1 Å². The van der Waals surface area contributed by atoms with E-state index in [1.165, 1.54) is 0 Å². The van der Waals surface area contributed by atoms with Crippen LogP contribution in [-0.4, -0.2) is 15.0 Å². The van der Waals surface area contributed by atoms with Crippen molar-refractivity contribution >= 4 is 56.1 Å². The third kappa shape index (κ3) is 3.96. The molecule has 0 unspecified atom stereocenters. The van der Waals surface area contributed by atoms with Crippen LogP contribution in [0.1, 0.15) is 22.8 Å². The van der Waals surface area contributed by atoms with E-state index in [-0.39, 0.29) is 0 Å². The Bertz CT molecular complexity index is 2040. The molecule has 7 aromatic rings. The highest BCUT2D eigenvalue weighted by Gasteiger charge is 2.21. The van der Waals surface area contributed by atoms with Gasteiger partial charge < -0.3 is 22.7 Å². The molecular weight excluding hydrogens is 570 g/mol. The van der Waals surface area contributed by atoms with Gasteiger partial charge in [-0.1, -0.05) is 0 Å². The molecule has 0 spiro atoms. The van der Waals surface area contributed by atoms with Gasteiger partial charge in [0.1, 0.15) is 23.0 Å². The molecule has 8 heteroatoms. The first-order valence-corrected chi connectivity index (χ1v) is 14.8. The van der Waals surface area contributed by atoms with E-state index >= 15 is 0 Å². The Morgan fingerprint density at radius 3 is 1.16 bits per heavy atom. The van der Waals surface area contributed by atoms with Crippen LogP contribution in [0.3, 0.4) is 0 Å². The summed E-state index contributed by atoms with van der Waals surface area (Å²) in [5.41, 5.74) is 8.32. The number of nitrogens with one attached hydrogen (secondary N) is 1. The Morgan fingerprint density at radius 1 is 0.432 bits per heavy atom. The van der Waals surface area contributed by atoms with Crippen molar-refractivity contribution in [2.75, 3.05) is 0 Å². The molecule has 9 rings (SSSR count). The van der Waals surface area contributed by atoms with Crippen molar-refractivity contribution in [2.45, 2.75) is 0 Å². The van der Waals surface area contributed by atoms with Gasteiger partial charge in [-0.25, -0.2) is 9.97 Å². The Morgan fingerprint density at radius 2 is 0.795 bits per heavy atom. The van der Waals surface area contributed by atoms with Crippen molar-refractivity contribution in [3.8, 4) is 45.3 Å². The van der Waals surface area contributed by atoms with Crippen LogP contribution >= 0.6 is 11.3 Å². The van der Waals surface area contributed by atoms with Crippen LogP contribution in [0.2, 0.25) is 0 Å². The quantitative estimate of drug-likeness (QED) is 0.219. The summed E-state index contributed by atoms with van der Waals surface area (Å²) in [6.45, 7) is 0. The van der Waals surface area contributed by atoms with E-state index in [1.54, 1.807) is 36.4 Å². The highest BCUT2D eigenvalue weighted by Crippen LogP contribution is 2.41. The summed E-state index contributed by atoms with van der Waals surface area (Å²) in [6, 6.07) is 23.6. The zero-order valence-electron chi connectivity index (χ0n) is 23.0. The molecule has 9 heterocycles. The number of furan rings is 4. The molecule has 0 aromatic carbocycles. The number of hydrogen-bond donors (Lipinski definition) is 1. The first-order chi connectivity index (χ1) is 21.8. The van der Waals surface area contributed by atoms with E-state index in [4.69, 9.17) is 27.6 Å². The summed E-state index contributed by atoms with van der Waals surface area (Å²) in [5, 5.41) is 0. The maximum Gasteiger partial charge on any atom is 0.138 e. The fraction of sp³-hybridized carbons (Fsp3) is 0. The molecule has 0 atom stereocenters. The van der Waals surface area contributed by atoms with Crippen molar-refractivity contribution in [3.63, 3.8) is 0 Å². The molecule has 0 saturated heterocycles. The number of aromatic amines is 1. The molecular formula is C36H21N3O4S. The molecule has 0 fully saturated rings. The summed E-state index contributed by atoms with van der Waals surface area (Å²) < 4.78 is 25.8. The topological polar surface area (TPSA) is 94.1 Å². The molecule has 44 heavy (non-hydrogen) atoms. The zero-order valence-corrected chi connectivity index (χ0v) is 23.8. The predicted octanol–water partition coefficient (Wildman–Crippen LogP) is 10.4. The van der Waals surface area contributed by atoms with E-state index in [1.807, 2.05) is 85.0 Å². The average Bonchev–Trinajstić information content (AvgIpc) is 3.90. The Kier molecular flexibility index (Phi) is 5.54. The van der Waals surface area contributed by atoms with Crippen LogP contribution in [0.25, 0.3) is 90.0 Å². The molecule has 1 N–H and O–H groups in total. The molecule has 8 bridgehead atoms. The standard InChI is InChI=1S/C36H21N3O4S/c1-5-27(40-17-1)33-21-9-10-22(37-21)34(28-6-2-18-41-28)24-12-14-26(39-24)36(30-8-4-20-43-30)32-16-15-31(44-32)35(29-7-3-19-42-29)25-13-11-23(33)38-25/h1-20,37H. The molecule has 0 radical (unpaired) electrons. The number of fused-ring (bicyclic) bond motifs is 8. The number of hydrogen-bond acceptors (Lipinski definition) is 7. The minimum absolute atomic E-state index is 0.702. The second kappa shape index (κ2) is 9.86. The lowest BCUT2D eigenvalue weighted by molar-refractivity contribution is 0.582. The number of thiophene rings is 1. The summed E-state index contributed by atoms with van der Waals surface area (Å²) in [5.74, 6) is 2.87. The van der Waals surface area contributed by atoms with Gasteiger partial charge in [0.15, 0.2) is 0 Å². The minimum Gasteiger partial charge on any atom is -0.464 e. The number of rotatable bonds is 4. The molecule has 210 valence electrons. The zero-order chi connectivity index (χ0) is 29.0. The van der Waals surface area contributed by atoms with Gasteiger partial charge in [0.2, 0.25) is 0 Å². The van der Waals surface area contributed by atoms with Gasteiger partial charge in [-0.15, -0.1) is 11.3 Å². The fourth-order valence-corrected chi connectivity index (χ4v) is 6.92. The number of aromatic nitrogens is 3. The highest BCUT2D eigenvalue weighted by molar-refractivity contribution is 7.24. The first kappa shape index (κ1) is 24.7. The van der Waals surface area contributed by atoms with Gasteiger partial charge in [0.25, 0.3) is 0 Å². The molecule has 0 amide bonds. The molecule has 7 aromatic heterocycles. The maximum atomic E-state index is 5.95. The second-order valence-electron chi connectivity index (χ2n) is 10.3. The van der Waals surface area contributed by atoms with Crippen molar-refractivity contribution in [1.82, 2.24) is 15.0 Å². The lowest BCUT2D eigenvalue weighted by Gasteiger charge is -2.02. The van der Waals surface area contributed by atoms with E-state index < -0.39 is 0 Å². The third-order valence-corrected chi connectivity index (χ3v) is 8.82. The summed E-state index contributed by atoms with van der Waals surface area (Å²) in [4.78, 5) is 13.9. The van der Waals surface area contributed by atoms with E-state index in [0.717, 1.165) is 77.0 Å². The van der Waals surface area contributed by atoms with Crippen LogP contribution in [-0.2, 0) is 0 Å². The van der Waals surface area contributed by atoms with Crippen molar-refractivity contribution in [3.05, 3.63) is 121 Å². The van der Waals surface area contributed by atoms with Crippen LogP contribution in [0.4, 0.5) is 0 Å². The van der Waals surface area contributed by atoms with E-state index in [0.29, 0.717) is 11.5 Å². The van der Waals surface area contributed by atoms with Gasteiger partial charge in [0, 0.05) is 9.40 Å². The average molecular weight is 592 g/mol. The van der Waals surface area contributed by atoms with Gasteiger partial charge in [-0.3, -0.25) is 0 Å². The van der Waals surface area contributed by atoms with E-state index in [9.17, 15) is 0 Å². The van der Waals surface area contributed by atoms with Gasteiger partial charge >= 0.3 is 0 Å². The first-order valence-electron chi connectivity index (χ1n) is 14.0. The SMILES string of the molecule is C1=Cc2nc1c(-c1ccco1)c1ccc([nH]1)c(-c1ccco1)c1nc(c(-c3ccco3)c3ccc(s3)c2-c2ccco2)C=C1. The van der Waals surface area contributed by atoms with E-state index in [2.05, 4.69) is 17.1 Å². The largest absolute Gasteiger partial charge is 0.464 e. The van der Waals surface area contributed by atoms with Gasteiger partial charge in [0.05, 0.1) is 81.1 Å². The van der Waals surface area contributed by atoms with Crippen molar-refractivity contribution in [1.29, 1.82) is 0 Å². The normalized spacial score (nSPS) is 12.4. The summed E-state index contributed by atoms with van der Waals surface area (Å²) >= 11 is 1.64. The molecule has 2 aliphatic rings. The van der Waals surface area contributed by atoms with Crippen LogP contribution in [0.5, 0.6) is 0 Å². The molecule has 2 aliphatic heterocycles. The second-order valence-corrected chi connectivity index (χ2v) is 11.4. The Balaban J connectivity index is 1.49. The van der Waals surface area contributed by atoms with Crippen LogP contribution in [0.15, 0.2) is 116 Å². The summed E-state index contributed by atoms with van der Waals surface area (Å²) in [6.07, 6.45) is 14.8. The fourth-order valence-electron chi connectivity index (χ4n) is 5.80. The number of H-pyrrole nitrogens is 1. The van der Waals surface area contributed by atoms with Gasteiger partial charge in [-0.2, -0.15) is 0 Å². The third-order valence-electron chi connectivity index (χ3n) is 7.70. The molecule has 0 aliphatic carbocycles. The monoisotopic (exact) mass is 591 g/mol. The Labute approximate surface area is 254 Å². The van der Waals surface area contributed by atoms with Crippen LogP contribution in [0, 0.1) is 0 Å². The minimum atomic E-state index is 0.702. The van der Waals surface area contributed by atoms with Crippen molar-refractivity contribution in [2.24, 2.45) is 0 Å². The Hall–Kier alpha value is -5.86. The van der Waals surface area contributed by atoms with Crippen LogP contribution < -0.4 is 0 Å². The van der Waals surface area contributed by atoms with Crippen molar-refractivity contribution < 1.29 is 17.7 Å². The molecule has 0 saturated carbocycles. The highest BCUT2D eigenvalue weighted by atomic mass is 32.1.